The highest BCUT2D eigenvalue weighted by molar-refractivity contribution is 6.29. The minimum Gasteiger partial charge on any atom is -0.353 e. The lowest BCUT2D eigenvalue weighted by Crippen LogP contribution is -2.54. The van der Waals surface area contributed by atoms with Crippen molar-refractivity contribution in [2.24, 2.45) is 0 Å². The van der Waals surface area contributed by atoms with E-state index in [1.54, 1.807) is 6.07 Å². The van der Waals surface area contributed by atoms with Gasteiger partial charge in [-0.2, -0.15) is 5.10 Å². The van der Waals surface area contributed by atoms with Gasteiger partial charge in [-0.25, -0.2) is 0 Å². The predicted molar refractivity (Wildman–Crippen MR) is 64.5 cm³/mol. The smallest absolute Gasteiger partial charge is 0.237 e. The summed E-state index contributed by atoms with van der Waals surface area (Å²) in [7, 11) is 0. The summed E-state index contributed by atoms with van der Waals surface area (Å²) in [5.41, 5.74) is 0.836. The van der Waals surface area contributed by atoms with E-state index in [4.69, 9.17) is 11.6 Å². The third-order valence-corrected chi connectivity index (χ3v) is 3.08. The minimum absolute atomic E-state index is 0.0683. The molecule has 0 aromatic carbocycles. The maximum absolute atomic E-state index is 11.7. The van der Waals surface area contributed by atoms with E-state index in [1.165, 1.54) is 0 Å². The fraction of sp³-hybridized carbons (Fsp3) is 0.545. The van der Waals surface area contributed by atoms with Crippen LogP contribution in [0.3, 0.4) is 0 Å². The average Bonchev–Trinajstić information content (AvgIpc) is 2.32. The molecule has 1 fully saturated rings. The van der Waals surface area contributed by atoms with Crippen LogP contribution in [0.25, 0.3) is 0 Å². The molecule has 0 bridgehead atoms. The van der Waals surface area contributed by atoms with Gasteiger partial charge in [0.1, 0.15) is 0 Å². The number of amides is 1. The van der Waals surface area contributed by atoms with Crippen LogP contribution in [0.2, 0.25) is 5.15 Å². The monoisotopic (exact) mass is 254 g/mol. The SMILES string of the molecule is CC[C@H]1C(=O)NCCN1Cc1ccc(Cl)nn1. The zero-order valence-electron chi connectivity index (χ0n) is 9.69. The number of piperazine rings is 1. The Bertz CT molecular complexity index is 395. The zero-order chi connectivity index (χ0) is 12.3. The van der Waals surface area contributed by atoms with Crippen LogP contribution in [-0.2, 0) is 11.3 Å². The first-order chi connectivity index (χ1) is 8.20. The van der Waals surface area contributed by atoms with Crippen molar-refractivity contribution < 1.29 is 4.79 Å². The number of carbonyl (C=O) groups is 1. The number of hydrogen-bond acceptors (Lipinski definition) is 4. The van der Waals surface area contributed by atoms with E-state index >= 15 is 0 Å². The van der Waals surface area contributed by atoms with Gasteiger partial charge >= 0.3 is 0 Å². The summed E-state index contributed by atoms with van der Waals surface area (Å²) in [5, 5.41) is 11.1. The van der Waals surface area contributed by atoms with Gasteiger partial charge in [0.2, 0.25) is 5.91 Å². The number of hydrogen-bond donors (Lipinski definition) is 1. The Kier molecular flexibility index (Phi) is 3.91. The van der Waals surface area contributed by atoms with Crippen LogP contribution in [0.1, 0.15) is 19.0 Å². The van der Waals surface area contributed by atoms with Crippen LogP contribution >= 0.6 is 11.6 Å². The Balaban J connectivity index is 2.06. The Hall–Kier alpha value is -1.20. The van der Waals surface area contributed by atoms with Gasteiger partial charge in [0.25, 0.3) is 0 Å². The quantitative estimate of drug-likeness (QED) is 0.869. The van der Waals surface area contributed by atoms with Crippen molar-refractivity contribution in [1.29, 1.82) is 0 Å². The second kappa shape index (κ2) is 5.42. The van der Waals surface area contributed by atoms with Crippen LogP contribution in [-0.4, -0.2) is 40.1 Å². The highest BCUT2D eigenvalue weighted by Crippen LogP contribution is 2.12. The lowest BCUT2D eigenvalue weighted by atomic mass is 10.1. The maximum atomic E-state index is 11.7. The second-order valence-corrected chi connectivity index (χ2v) is 4.42. The molecule has 1 saturated heterocycles. The van der Waals surface area contributed by atoms with Crippen molar-refractivity contribution in [3.63, 3.8) is 0 Å². The van der Waals surface area contributed by atoms with Gasteiger partial charge in [-0.15, -0.1) is 5.10 Å². The predicted octanol–water partition coefficient (Wildman–Crippen LogP) is 0.840. The number of halogens is 1. The third-order valence-electron chi connectivity index (χ3n) is 2.88. The van der Waals surface area contributed by atoms with Crippen molar-refractivity contribution in [2.45, 2.75) is 25.9 Å². The lowest BCUT2D eigenvalue weighted by Gasteiger charge is -2.33. The van der Waals surface area contributed by atoms with Gasteiger partial charge in [0.05, 0.1) is 11.7 Å². The summed E-state index contributed by atoms with van der Waals surface area (Å²) in [4.78, 5) is 13.8. The summed E-state index contributed by atoms with van der Waals surface area (Å²) in [6.07, 6.45) is 0.798. The Morgan fingerprint density at radius 1 is 1.53 bits per heavy atom. The summed E-state index contributed by atoms with van der Waals surface area (Å²) in [6.45, 7) is 4.18. The molecule has 0 aliphatic carbocycles. The summed E-state index contributed by atoms with van der Waals surface area (Å²) >= 11 is 5.68. The minimum atomic E-state index is -0.0683. The summed E-state index contributed by atoms with van der Waals surface area (Å²) in [6, 6.07) is 3.49. The van der Waals surface area contributed by atoms with Crippen LogP contribution in [0.5, 0.6) is 0 Å². The Labute approximate surface area is 105 Å². The fourth-order valence-corrected chi connectivity index (χ4v) is 2.13. The first-order valence-electron chi connectivity index (χ1n) is 5.70. The van der Waals surface area contributed by atoms with Crippen molar-refractivity contribution in [3.8, 4) is 0 Å². The molecule has 17 heavy (non-hydrogen) atoms. The largest absolute Gasteiger partial charge is 0.353 e. The third kappa shape index (κ3) is 2.92. The Morgan fingerprint density at radius 3 is 3.00 bits per heavy atom. The molecule has 1 atom stereocenters. The molecule has 1 aromatic heterocycles. The standard InChI is InChI=1S/C11H15ClN4O/c1-2-9-11(17)13-5-6-16(9)7-8-3-4-10(12)15-14-8/h3-4,9H,2,5-7H2,1H3,(H,13,17)/t9-/m0/s1. The average molecular weight is 255 g/mol. The van der Waals surface area contributed by atoms with Gasteiger partial charge in [0.15, 0.2) is 5.15 Å². The van der Waals surface area contributed by atoms with E-state index in [0.717, 1.165) is 18.7 Å². The molecule has 6 heteroatoms. The molecule has 1 aliphatic rings. The molecule has 1 aliphatic heterocycles. The van der Waals surface area contributed by atoms with Crippen LogP contribution < -0.4 is 5.32 Å². The van der Waals surface area contributed by atoms with Gasteiger partial charge in [0, 0.05) is 19.6 Å². The number of nitrogens with one attached hydrogen (secondary N) is 1. The molecule has 0 saturated carbocycles. The van der Waals surface area contributed by atoms with E-state index in [1.807, 2.05) is 13.0 Å². The Morgan fingerprint density at radius 2 is 2.35 bits per heavy atom. The number of nitrogens with zero attached hydrogens (tertiary/aromatic N) is 3. The molecule has 2 rings (SSSR count). The molecular formula is C11H15ClN4O. The van der Waals surface area contributed by atoms with Crippen molar-refractivity contribution in [2.75, 3.05) is 13.1 Å². The van der Waals surface area contributed by atoms with Crippen LogP contribution in [0.15, 0.2) is 12.1 Å². The van der Waals surface area contributed by atoms with E-state index in [0.29, 0.717) is 18.2 Å². The second-order valence-electron chi connectivity index (χ2n) is 4.03. The highest BCUT2D eigenvalue weighted by atomic mass is 35.5. The van der Waals surface area contributed by atoms with Gasteiger partial charge in [-0.3, -0.25) is 9.69 Å². The molecule has 0 unspecified atom stereocenters. The topological polar surface area (TPSA) is 58.1 Å². The molecule has 1 amide bonds. The molecule has 1 aromatic rings. The molecule has 5 nitrogen and oxygen atoms in total. The van der Waals surface area contributed by atoms with Crippen molar-refractivity contribution in [3.05, 3.63) is 23.0 Å². The first kappa shape index (κ1) is 12.3. The van der Waals surface area contributed by atoms with E-state index in [2.05, 4.69) is 20.4 Å². The van der Waals surface area contributed by atoms with Crippen LogP contribution in [0, 0.1) is 0 Å². The number of rotatable bonds is 3. The van der Waals surface area contributed by atoms with Crippen LogP contribution in [0.4, 0.5) is 0 Å². The maximum Gasteiger partial charge on any atom is 0.237 e. The molecular weight excluding hydrogens is 240 g/mol. The molecule has 1 N–H and O–H groups in total. The number of aromatic nitrogens is 2. The lowest BCUT2D eigenvalue weighted by molar-refractivity contribution is -0.129. The highest BCUT2D eigenvalue weighted by Gasteiger charge is 2.28. The summed E-state index contributed by atoms with van der Waals surface area (Å²) in [5.74, 6) is 0.0978. The molecule has 2 heterocycles. The normalized spacial score (nSPS) is 21.3. The van der Waals surface area contributed by atoms with Gasteiger partial charge in [-0.05, 0) is 18.6 Å². The molecule has 0 spiro atoms. The molecule has 0 radical (unpaired) electrons. The fourth-order valence-electron chi connectivity index (χ4n) is 2.03. The van der Waals surface area contributed by atoms with E-state index in [9.17, 15) is 4.79 Å². The van der Waals surface area contributed by atoms with Gasteiger partial charge in [-0.1, -0.05) is 18.5 Å². The zero-order valence-corrected chi connectivity index (χ0v) is 10.4. The van der Waals surface area contributed by atoms with Crippen molar-refractivity contribution >= 4 is 17.5 Å². The molecule has 92 valence electrons. The van der Waals surface area contributed by atoms with E-state index < -0.39 is 0 Å². The van der Waals surface area contributed by atoms with Gasteiger partial charge < -0.3 is 5.32 Å². The first-order valence-corrected chi connectivity index (χ1v) is 6.08. The summed E-state index contributed by atoms with van der Waals surface area (Å²) < 4.78 is 0. The van der Waals surface area contributed by atoms with E-state index in [-0.39, 0.29) is 11.9 Å². The van der Waals surface area contributed by atoms with Crippen molar-refractivity contribution in [1.82, 2.24) is 20.4 Å². The number of carbonyl (C=O) groups excluding carboxylic acids is 1.